The van der Waals surface area contributed by atoms with Gasteiger partial charge in [-0.2, -0.15) is 0 Å². The van der Waals surface area contributed by atoms with Crippen molar-refractivity contribution < 1.29 is 19.0 Å². The van der Waals surface area contributed by atoms with Gasteiger partial charge in [0.25, 0.3) is 0 Å². The fourth-order valence-corrected chi connectivity index (χ4v) is 2.16. The van der Waals surface area contributed by atoms with Crippen LogP contribution in [-0.4, -0.2) is 19.3 Å². The molecule has 0 heterocycles. The Morgan fingerprint density at radius 2 is 1.75 bits per heavy atom. The third-order valence-corrected chi connectivity index (χ3v) is 3.16. The molecule has 3 nitrogen and oxygen atoms in total. The molecule has 0 aliphatic rings. The summed E-state index contributed by atoms with van der Waals surface area (Å²) in [5.74, 6) is 0.760. The number of benzene rings is 2. The largest absolute Gasteiger partial charge is 0.496 e. The summed E-state index contributed by atoms with van der Waals surface area (Å²) in [7, 11) is 3.07. The first kappa shape index (κ1) is 14.3. The first-order chi connectivity index (χ1) is 9.65. The second kappa shape index (κ2) is 6.39. The maximum atomic E-state index is 13.3. The second-order valence-electron chi connectivity index (χ2n) is 4.42. The van der Waals surface area contributed by atoms with Gasteiger partial charge in [-0.25, -0.2) is 4.39 Å². The average Bonchev–Trinajstić information content (AvgIpc) is 2.47. The van der Waals surface area contributed by atoms with E-state index in [0.29, 0.717) is 23.5 Å². The highest BCUT2D eigenvalue weighted by molar-refractivity contribution is 5.39. The van der Waals surface area contributed by atoms with Gasteiger partial charge in [-0.3, -0.25) is 0 Å². The number of hydrogen-bond donors (Lipinski definition) is 1. The minimum absolute atomic E-state index is 0.323. The maximum absolute atomic E-state index is 13.3. The normalized spacial score (nSPS) is 12.0. The van der Waals surface area contributed by atoms with Gasteiger partial charge in [-0.15, -0.1) is 0 Å². The van der Waals surface area contributed by atoms with Gasteiger partial charge in [-0.05, 0) is 29.8 Å². The van der Waals surface area contributed by atoms with Gasteiger partial charge < -0.3 is 14.6 Å². The highest BCUT2D eigenvalue weighted by atomic mass is 19.1. The van der Waals surface area contributed by atoms with E-state index in [0.717, 1.165) is 5.56 Å². The number of ether oxygens (including phenoxy) is 2. The molecule has 1 atom stereocenters. The molecule has 2 aromatic rings. The quantitative estimate of drug-likeness (QED) is 0.912. The number of methoxy groups -OCH3 is 2. The smallest absolute Gasteiger partial charge is 0.124 e. The van der Waals surface area contributed by atoms with E-state index in [1.54, 1.807) is 7.11 Å². The first-order valence-corrected chi connectivity index (χ1v) is 6.29. The van der Waals surface area contributed by atoms with Crippen LogP contribution >= 0.6 is 0 Å². The Kier molecular flexibility index (Phi) is 4.58. The van der Waals surface area contributed by atoms with Crippen LogP contribution in [0.15, 0.2) is 42.5 Å². The van der Waals surface area contributed by atoms with Gasteiger partial charge >= 0.3 is 0 Å². The van der Waals surface area contributed by atoms with Crippen molar-refractivity contribution in [3.8, 4) is 11.5 Å². The zero-order chi connectivity index (χ0) is 14.5. The van der Waals surface area contributed by atoms with Crippen molar-refractivity contribution in [3.63, 3.8) is 0 Å². The Morgan fingerprint density at radius 3 is 2.45 bits per heavy atom. The third-order valence-electron chi connectivity index (χ3n) is 3.16. The molecule has 2 aromatic carbocycles. The Morgan fingerprint density at radius 1 is 1.05 bits per heavy atom. The van der Waals surface area contributed by atoms with Crippen LogP contribution in [0.25, 0.3) is 0 Å². The Balaban J connectivity index is 2.28. The zero-order valence-electron chi connectivity index (χ0n) is 11.5. The van der Waals surface area contributed by atoms with E-state index in [-0.39, 0.29) is 0 Å². The predicted molar refractivity (Wildman–Crippen MR) is 74.6 cm³/mol. The van der Waals surface area contributed by atoms with Crippen LogP contribution in [0.5, 0.6) is 11.5 Å². The number of rotatable bonds is 5. The highest BCUT2D eigenvalue weighted by Gasteiger charge is 2.16. The second-order valence-corrected chi connectivity index (χ2v) is 4.42. The fourth-order valence-electron chi connectivity index (χ4n) is 2.16. The first-order valence-electron chi connectivity index (χ1n) is 6.29. The SMILES string of the molecule is COc1ccccc1CC(O)c1cc(F)ccc1OC. The van der Waals surface area contributed by atoms with E-state index in [9.17, 15) is 9.50 Å². The minimum atomic E-state index is -0.864. The topological polar surface area (TPSA) is 38.7 Å². The summed E-state index contributed by atoms with van der Waals surface area (Å²) in [4.78, 5) is 0. The van der Waals surface area contributed by atoms with Crippen molar-refractivity contribution in [2.75, 3.05) is 14.2 Å². The molecule has 0 radical (unpaired) electrons. The van der Waals surface area contributed by atoms with Crippen molar-refractivity contribution in [2.24, 2.45) is 0 Å². The monoisotopic (exact) mass is 276 g/mol. The molecule has 2 rings (SSSR count). The molecule has 106 valence electrons. The summed E-state index contributed by atoms with van der Waals surface area (Å²) in [6.07, 6.45) is -0.541. The van der Waals surface area contributed by atoms with Crippen molar-refractivity contribution in [1.82, 2.24) is 0 Å². The summed E-state index contributed by atoms with van der Waals surface area (Å²) in [6.45, 7) is 0. The average molecular weight is 276 g/mol. The van der Waals surface area contributed by atoms with E-state index in [1.165, 1.54) is 25.3 Å². The molecule has 0 bridgehead atoms. The molecule has 0 saturated heterocycles. The molecule has 1 unspecified atom stereocenters. The molecule has 0 amide bonds. The molecular weight excluding hydrogens is 259 g/mol. The van der Waals surface area contributed by atoms with E-state index in [4.69, 9.17) is 9.47 Å². The minimum Gasteiger partial charge on any atom is -0.496 e. The molecule has 1 N–H and O–H groups in total. The molecule has 0 fully saturated rings. The molecule has 20 heavy (non-hydrogen) atoms. The Hall–Kier alpha value is -2.07. The molecule has 0 aliphatic carbocycles. The lowest BCUT2D eigenvalue weighted by molar-refractivity contribution is 0.172. The summed E-state index contributed by atoms with van der Waals surface area (Å²) >= 11 is 0. The van der Waals surface area contributed by atoms with Crippen LogP contribution in [0.4, 0.5) is 4.39 Å². The number of aliphatic hydroxyl groups is 1. The van der Waals surface area contributed by atoms with E-state index in [1.807, 2.05) is 24.3 Å². The standard InChI is InChI=1S/C16H17FO3/c1-19-15-6-4-3-5-11(15)9-14(18)13-10-12(17)7-8-16(13)20-2/h3-8,10,14,18H,9H2,1-2H3. The van der Waals surface area contributed by atoms with Crippen LogP contribution in [-0.2, 0) is 6.42 Å². The molecule has 0 spiro atoms. The lowest BCUT2D eigenvalue weighted by Gasteiger charge is -2.16. The van der Waals surface area contributed by atoms with E-state index in [2.05, 4.69) is 0 Å². The summed E-state index contributed by atoms with van der Waals surface area (Å²) < 4.78 is 23.7. The lowest BCUT2D eigenvalue weighted by Crippen LogP contribution is -2.06. The van der Waals surface area contributed by atoms with Crippen LogP contribution in [0.3, 0.4) is 0 Å². The van der Waals surface area contributed by atoms with Crippen LogP contribution in [0.2, 0.25) is 0 Å². The summed E-state index contributed by atoms with van der Waals surface area (Å²) in [5, 5.41) is 10.3. The van der Waals surface area contributed by atoms with Crippen LogP contribution < -0.4 is 9.47 Å². The van der Waals surface area contributed by atoms with Crippen molar-refractivity contribution in [3.05, 3.63) is 59.4 Å². The lowest BCUT2D eigenvalue weighted by atomic mass is 10.00. The van der Waals surface area contributed by atoms with Crippen molar-refractivity contribution in [2.45, 2.75) is 12.5 Å². The Bertz CT molecular complexity index is 584. The van der Waals surface area contributed by atoms with E-state index >= 15 is 0 Å². The zero-order valence-corrected chi connectivity index (χ0v) is 11.5. The summed E-state index contributed by atoms with van der Waals surface area (Å²) in [6, 6.07) is 11.5. The van der Waals surface area contributed by atoms with Gasteiger partial charge in [0, 0.05) is 12.0 Å². The van der Waals surface area contributed by atoms with Gasteiger partial charge in [0.2, 0.25) is 0 Å². The Labute approximate surface area is 117 Å². The van der Waals surface area contributed by atoms with Gasteiger partial charge in [0.05, 0.1) is 20.3 Å². The fraction of sp³-hybridized carbons (Fsp3) is 0.250. The molecular formula is C16H17FO3. The van der Waals surface area contributed by atoms with Gasteiger partial charge in [0.15, 0.2) is 0 Å². The predicted octanol–water partition coefficient (Wildman–Crippen LogP) is 3.12. The van der Waals surface area contributed by atoms with Gasteiger partial charge in [0.1, 0.15) is 17.3 Å². The number of halogens is 1. The molecule has 0 saturated carbocycles. The highest BCUT2D eigenvalue weighted by Crippen LogP contribution is 2.30. The molecule has 0 aromatic heterocycles. The molecule has 0 aliphatic heterocycles. The van der Waals surface area contributed by atoms with Crippen molar-refractivity contribution >= 4 is 0 Å². The van der Waals surface area contributed by atoms with Crippen molar-refractivity contribution in [1.29, 1.82) is 0 Å². The van der Waals surface area contributed by atoms with Crippen LogP contribution in [0, 0.1) is 5.82 Å². The molecule has 4 heteroatoms. The van der Waals surface area contributed by atoms with Gasteiger partial charge in [-0.1, -0.05) is 18.2 Å². The number of aliphatic hydroxyl groups excluding tert-OH is 1. The van der Waals surface area contributed by atoms with Crippen LogP contribution in [0.1, 0.15) is 17.2 Å². The summed E-state index contributed by atoms with van der Waals surface area (Å²) in [5.41, 5.74) is 1.28. The number of hydrogen-bond acceptors (Lipinski definition) is 3. The number of para-hydroxylation sites is 1. The maximum Gasteiger partial charge on any atom is 0.124 e. The van der Waals surface area contributed by atoms with E-state index < -0.39 is 11.9 Å². The third kappa shape index (κ3) is 3.08.